The van der Waals surface area contributed by atoms with Crippen LogP contribution < -0.4 is 5.56 Å². The average molecular weight is 327 g/mol. The molecule has 1 unspecified atom stereocenters. The first-order valence-corrected chi connectivity index (χ1v) is 8.62. The lowest BCUT2D eigenvalue weighted by Crippen LogP contribution is -2.41. The number of H-pyrrole nitrogens is 1. The van der Waals surface area contributed by atoms with Crippen molar-refractivity contribution in [1.82, 2.24) is 24.9 Å². The Morgan fingerprint density at radius 1 is 1.29 bits per heavy atom. The zero-order valence-corrected chi connectivity index (χ0v) is 13.6. The van der Waals surface area contributed by atoms with Gasteiger partial charge in [0.05, 0.1) is 18.3 Å². The molecule has 0 spiro atoms. The van der Waals surface area contributed by atoms with E-state index in [1.807, 2.05) is 4.90 Å². The third-order valence-electron chi connectivity index (χ3n) is 5.03. The van der Waals surface area contributed by atoms with Gasteiger partial charge in [0.15, 0.2) is 0 Å². The molecule has 2 aromatic heterocycles. The molecule has 2 aromatic rings. The average Bonchev–Trinajstić information content (AvgIpc) is 3.26. The van der Waals surface area contributed by atoms with Crippen LogP contribution in [0.5, 0.6) is 0 Å². The van der Waals surface area contributed by atoms with E-state index >= 15 is 0 Å². The Morgan fingerprint density at radius 2 is 2.17 bits per heavy atom. The van der Waals surface area contributed by atoms with Gasteiger partial charge in [-0.2, -0.15) is 10.2 Å². The van der Waals surface area contributed by atoms with Gasteiger partial charge >= 0.3 is 0 Å². The quantitative estimate of drug-likeness (QED) is 0.916. The molecule has 1 aliphatic heterocycles. The van der Waals surface area contributed by atoms with Crippen molar-refractivity contribution in [3.8, 4) is 0 Å². The van der Waals surface area contributed by atoms with Crippen LogP contribution in [0.3, 0.4) is 0 Å². The highest BCUT2D eigenvalue weighted by Gasteiger charge is 2.31. The van der Waals surface area contributed by atoms with Crippen molar-refractivity contribution in [1.29, 1.82) is 0 Å². The number of rotatable bonds is 3. The van der Waals surface area contributed by atoms with Crippen molar-refractivity contribution in [2.45, 2.75) is 51.1 Å². The molecule has 4 rings (SSSR count). The highest BCUT2D eigenvalue weighted by Crippen LogP contribution is 2.21. The molecule has 1 fully saturated rings. The molecule has 2 aliphatic rings. The number of hydrogen-bond donors (Lipinski definition) is 1. The van der Waals surface area contributed by atoms with Gasteiger partial charge in [-0.15, -0.1) is 0 Å². The van der Waals surface area contributed by atoms with Crippen LogP contribution in [-0.4, -0.2) is 43.4 Å². The van der Waals surface area contributed by atoms with Crippen LogP contribution in [0, 0.1) is 0 Å². The smallest absolute Gasteiger partial charge is 0.272 e. The van der Waals surface area contributed by atoms with Crippen molar-refractivity contribution in [2.24, 2.45) is 0 Å². The number of aromatic amines is 1. The molecule has 7 nitrogen and oxygen atoms in total. The minimum Gasteiger partial charge on any atom is -0.332 e. The monoisotopic (exact) mass is 327 g/mol. The van der Waals surface area contributed by atoms with Gasteiger partial charge < -0.3 is 4.90 Å². The molecule has 1 N–H and O–H groups in total. The lowest BCUT2D eigenvalue weighted by atomic mass is 9.97. The van der Waals surface area contributed by atoms with Gasteiger partial charge in [0.25, 0.3) is 11.5 Å². The van der Waals surface area contributed by atoms with Crippen molar-refractivity contribution in [3.05, 3.63) is 45.6 Å². The van der Waals surface area contributed by atoms with Crippen LogP contribution in [0.25, 0.3) is 0 Å². The Bertz CT molecular complexity index is 796. The Labute approximate surface area is 139 Å². The fourth-order valence-corrected chi connectivity index (χ4v) is 3.75. The molecule has 0 saturated carbocycles. The molecule has 1 saturated heterocycles. The summed E-state index contributed by atoms with van der Waals surface area (Å²) in [6, 6.07) is 3.42. The highest BCUT2D eigenvalue weighted by molar-refractivity contribution is 5.92. The molecule has 1 atom stereocenters. The summed E-state index contributed by atoms with van der Waals surface area (Å²) >= 11 is 0. The summed E-state index contributed by atoms with van der Waals surface area (Å²) in [6.45, 7) is 1.17. The minimum atomic E-state index is -0.0588. The zero-order valence-electron chi connectivity index (χ0n) is 13.6. The Hall–Kier alpha value is -2.44. The normalized spacial score (nSPS) is 20.2. The van der Waals surface area contributed by atoms with Crippen LogP contribution >= 0.6 is 0 Å². The Morgan fingerprint density at radius 3 is 3.00 bits per heavy atom. The third kappa shape index (κ3) is 2.74. The van der Waals surface area contributed by atoms with Gasteiger partial charge in [-0.1, -0.05) is 0 Å². The summed E-state index contributed by atoms with van der Waals surface area (Å²) in [5, 5.41) is 11.1. The first-order valence-electron chi connectivity index (χ1n) is 8.62. The van der Waals surface area contributed by atoms with Crippen LogP contribution in [-0.2, 0) is 19.4 Å². The number of aromatic nitrogens is 4. The van der Waals surface area contributed by atoms with E-state index in [1.165, 1.54) is 0 Å². The second-order valence-corrected chi connectivity index (χ2v) is 6.61. The van der Waals surface area contributed by atoms with E-state index < -0.39 is 0 Å². The molecule has 0 bridgehead atoms. The van der Waals surface area contributed by atoms with Gasteiger partial charge in [-0.05, 0) is 50.2 Å². The number of hydrogen-bond acceptors (Lipinski definition) is 4. The maximum Gasteiger partial charge on any atom is 0.272 e. The van der Waals surface area contributed by atoms with E-state index in [9.17, 15) is 9.59 Å². The predicted octanol–water partition coefficient (Wildman–Crippen LogP) is 1.15. The maximum absolute atomic E-state index is 12.6. The molecule has 3 heterocycles. The number of amides is 1. The van der Waals surface area contributed by atoms with Crippen molar-refractivity contribution in [3.63, 3.8) is 0 Å². The van der Waals surface area contributed by atoms with Gasteiger partial charge in [-0.3, -0.25) is 14.7 Å². The Kier molecular flexibility index (Phi) is 3.92. The summed E-state index contributed by atoms with van der Waals surface area (Å²) in [4.78, 5) is 26.8. The number of nitrogens with zero attached hydrogens (tertiary/aromatic N) is 4. The number of fused-ring (bicyclic) bond motifs is 1. The minimum absolute atomic E-state index is 0.00707. The van der Waals surface area contributed by atoms with Crippen molar-refractivity contribution in [2.75, 3.05) is 6.54 Å². The van der Waals surface area contributed by atoms with Gasteiger partial charge in [0.1, 0.15) is 5.69 Å². The standard InChI is InChI=1S/C17H21N5O2/c23-16-10-12-4-1-2-6-14(12)20-22(16)11-13-5-3-9-21(13)17(24)15-7-8-18-19-15/h7-8,10,13H,1-6,9,11H2,(H,18,19). The van der Waals surface area contributed by atoms with Crippen LogP contribution in [0.15, 0.2) is 23.1 Å². The summed E-state index contributed by atoms with van der Waals surface area (Å²) in [6.07, 6.45) is 7.58. The molecule has 0 aromatic carbocycles. The number of aryl methyl sites for hydroxylation is 2. The SMILES string of the molecule is O=C(c1ccn[nH]1)N1CCCC1Cn1nc2c(cc1=O)CCCC2. The molecular formula is C17H21N5O2. The van der Waals surface area contributed by atoms with E-state index in [1.54, 1.807) is 23.0 Å². The van der Waals surface area contributed by atoms with Crippen LogP contribution in [0.2, 0.25) is 0 Å². The molecule has 0 radical (unpaired) electrons. The van der Waals surface area contributed by atoms with Gasteiger partial charge in [-0.25, -0.2) is 4.68 Å². The zero-order chi connectivity index (χ0) is 16.5. The highest BCUT2D eigenvalue weighted by atomic mass is 16.2. The molecular weight excluding hydrogens is 306 g/mol. The lowest BCUT2D eigenvalue weighted by molar-refractivity contribution is 0.0714. The van der Waals surface area contributed by atoms with E-state index in [4.69, 9.17) is 0 Å². The topological polar surface area (TPSA) is 83.9 Å². The molecule has 1 amide bonds. The largest absolute Gasteiger partial charge is 0.332 e. The Balaban J connectivity index is 1.56. The fraction of sp³-hybridized carbons (Fsp3) is 0.529. The molecule has 1 aliphatic carbocycles. The maximum atomic E-state index is 12.6. The van der Waals surface area contributed by atoms with E-state index in [2.05, 4.69) is 15.3 Å². The number of carbonyl (C=O) groups is 1. The van der Waals surface area contributed by atoms with Crippen LogP contribution in [0.1, 0.15) is 47.4 Å². The predicted molar refractivity (Wildman–Crippen MR) is 87.8 cm³/mol. The fourth-order valence-electron chi connectivity index (χ4n) is 3.75. The van der Waals surface area contributed by atoms with E-state index in [-0.39, 0.29) is 17.5 Å². The third-order valence-corrected chi connectivity index (χ3v) is 5.03. The second kappa shape index (κ2) is 6.22. The molecule has 126 valence electrons. The molecule has 7 heteroatoms. The summed E-state index contributed by atoms with van der Waals surface area (Å²) < 4.78 is 1.55. The van der Waals surface area contributed by atoms with Gasteiger partial charge in [0, 0.05) is 18.8 Å². The van der Waals surface area contributed by atoms with Crippen molar-refractivity contribution >= 4 is 5.91 Å². The first-order chi connectivity index (χ1) is 11.7. The van der Waals surface area contributed by atoms with Crippen LogP contribution in [0.4, 0.5) is 0 Å². The summed E-state index contributed by atoms with van der Waals surface area (Å²) in [5.41, 5.74) is 2.58. The molecule has 24 heavy (non-hydrogen) atoms. The van der Waals surface area contributed by atoms with Crippen molar-refractivity contribution < 1.29 is 4.79 Å². The first kappa shape index (κ1) is 15.1. The lowest BCUT2D eigenvalue weighted by Gasteiger charge is -2.25. The summed E-state index contributed by atoms with van der Waals surface area (Å²) in [7, 11) is 0. The second-order valence-electron chi connectivity index (χ2n) is 6.61. The number of nitrogens with one attached hydrogen (secondary N) is 1. The van der Waals surface area contributed by atoms with E-state index in [0.717, 1.165) is 49.8 Å². The number of carbonyl (C=O) groups excluding carboxylic acids is 1. The van der Waals surface area contributed by atoms with Gasteiger partial charge in [0.2, 0.25) is 0 Å². The van der Waals surface area contributed by atoms with E-state index in [0.29, 0.717) is 18.8 Å². The summed E-state index contributed by atoms with van der Waals surface area (Å²) in [5.74, 6) is -0.0546. The number of likely N-dealkylation sites (tertiary alicyclic amines) is 1.